The van der Waals surface area contributed by atoms with Crippen molar-refractivity contribution in [2.24, 2.45) is 0 Å². The normalized spacial score (nSPS) is 11.7. The molecular weight excluding hydrogens is 342 g/mol. The lowest BCUT2D eigenvalue weighted by Crippen LogP contribution is -2.26. The highest BCUT2D eigenvalue weighted by atomic mass is 16.2. The lowest BCUT2D eigenvalue weighted by atomic mass is 10.1. The van der Waals surface area contributed by atoms with E-state index in [0.717, 1.165) is 16.8 Å². The van der Waals surface area contributed by atoms with Crippen LogP contribution in [-0.4, -0.2) is 25.2 Å². The summed E-state index contributed by atoms with van der Waals surface area (Å²) in [6.45, 7) is 10.2. The van der Waals surface area contributed by atoms with Crippen LogP contribution in [0.2, 0.25) is 0 Å². The second kappa shape index (κ2) is 6.98. The third kappa shape index (κ3) is 3.92. The number of nitrogens with zero attached hydrogens (tertiary/aromatic N) is 4. The Balaban J connectivity index is 1.75. The van der Waals surface area contributed by atoms with Crippen LogP contribution in [0.4, 0.5) is 5.69 Å². The van der Waals surface area contributed by atoms with Gasteiger partial charge in [0.05, 0.1) is 18.1 Å². The third-order valence-electron chi connectivity index (χ3n) is 4.44. The highest BCUT2D eigenvalue weighted by Crippen LogP contribution is 2.18. The van der Waals surface area contributed by atoms with Crippen molar-refractivity contribution in [1.82, 2.24) is 19.3 Å². The molecule has 3 aromatic rings. The molecule has 1 amide bonds. The molecule has 0 unspecified atom stereocenters. The number of nitrogens with one attached hydrogen (secondary N) is 1. The fraction of sp³-hybridized carbons (Fsp3) is 0.400. The predicted molar refractivity (Wildman–Crippen MR) is 106 cm³/mol. The Bertz CT molecular complexity index is 1060. The zero-order chi connectivity index (χ0) is 19.8. The summed E-state index contributed by atoms with van der Waals surface area (Å²) in [6.07, 6.45) is 3.22. The first-order valence-corrected chi connectivity index (χ1v) is 8.97. The van der Waals surface area contributed by atoms with Crippen molar-refractivity contribution in [3.05, 3.63) is 52.2 Å². The van der Waals surface area contributed by atoms with E-state index in [9.17, 15) is 9.59 Å². The molecule has 0 aliphatic heterocycles. The summed E-state index contributed by atoms with van der Waals surface area (Å²) < 4.78 is 3.20. The maximum absolute atomic E-state index is 12.7. The fourth-order valence-corrected chi connectivity index (χ4v) is 2.90. The van der Waals surface area contributed by atoms with Gasteiger partial charge in [0, 0.05) is 18.7 Å². The minimum absolute atomic E-state index is 0.138. The minimum Gasteiger partial charge on any atom is -0.326 e. The summed E-state index contributed by atoms with van der Waals surface area (Å²) in [5, 5.41) is 7.67. The molecule has 0 radical (unpaired) electrons. The van der Waals surface area contributed by atoms with Gasteiger partial charge in [-0.1, -0.05) is 12.1 Å². The van der Waals surface area contributed by atoms with Gasteiger partial charge in [-0.3, -0.25) is 14.2 Å². The number of benzene rings is 1. The number of aromatic nitrogens is 4. The molecule has 142 valence electrons. The largest absolute Gasteiger partial charge is 0.326 e. The molecule has 0 spiro atoms. The van der Waals surface area contributed by atoms with Crippen molar-refractivity contribution in [2.45, 2.75) is 53.1 Å². The number of aryl methyl sites for hydroxylation is 3. The quantitative estimate of drug-likeness (QED) is 0.768. The fourth-order valence-electron chi connectivity index (χ4n) is 2.90. The van der Waals surface area contributed by atoms with Gasteiger partial charge in [-0.05, 0) is 51.8 Å². The number of anilines is 1. The van der Waals surface area contributed by atoms with Gasteiger partial charge in [-0.2, -0.15) is 5.10 Å². The molecule has 1 N–H and O–H groups in total. The van der Waals surface area contributed by atoms with Gasteiger partial charge in [0.15, 0.2) is 5.65 Å². The van der Waals surface area contributed by atoms with Crippen LogP contribution in [-0.2, 0) is 16.9 Å². The summed E-state index contributed by atoms with van der Waals surface area (Å²) in [5.41, 5.74) is 2.99. The Morgan fingerprint density at radius 1 is 1.22 bits per heavy atom. The standard InChI is InChI=1S/C20H25N5O2/c1-13-6-7-14(2)16(10-13)23-17(26)8-9-24-12-21-18-15(19(24)27)11-22-25(18)20(3,4)5/h6-7,10-12H,8-9H2,1-5H3,(H,23,26). The van der Waals surface area contributed by atoms with E-state index >= 15 is 0 Å². The lowest BCUT2D eigenvalue weighted by Gasteiger charge is -2.19. The Kier molecular flexibility index (Phi) is 4.87. The SMILES string of the molecule is Cc1ccc(C)c(NC(=O)CCn2cnc3c(cnn3C(C)(C)C)c2=O)c1. The van der Waals surface area contributed by atoms with E-state index in [1.54, 1.807) is 10.9 Å². The summed E-state index contributed by atoms with van der Waals surface area (Å²) in [4.78, 5) is 29.4. The van der Waals surface area contributed by atoms with Crippen LogP contribution in [0, 0.1) is 13.8 Å². The molecule has 0 fully saturated rings. The zero-order valence-electron chi connectivity index (χ0n) is 16.4. The number of carbonyl (C=O) groups excluding carboxylic acids is 1. The third-order valence-corrected chi connectivity index (χ3v) is 4.44. The van der Waals surface area contributed by atoms with Crippen molar-refractivity contribution in [1.29, 1.82) is 0 Å². The molecule has 1 aromatic carbocycles. The molecule has 0 bridgehead atoms. The number of carbonyl (C=O) groups is 1. The molecule has 0 saturated heterocycles. The summed E-state index contributed by atoms with van der Waals surface area (Å²) >= 11 is 0. The zero-order valence-corrected chi connectivity index (χ0v) is 16.4. The highest BCUT2D eigenvalue weighted by molar-refractivity contribution is 5.91. The monoisotopic (exact) mass is 367 g/mol. The number of hydrogen-bond acceptors (Lipinski definition) is 4. The lowest BCUT2D eigenvalue weighted by molar-refractivity contribution is -0.116. The predicted octanol–water partition coefficient (Wildman–Crippen LogP) is 2.99. The van der Waals surface area contributed by atoms with E-state index in [4.69, 9.17) is 0 Å². The van der Waals surface area contributed by atoms with Gasteiger partial charge >= 0.3 is 0 Å². The Hall–Kier alpha value is -2.96. The van der Waals surface area contributed by atoms with Crippen molar-refractivity contribution < 1.29 is 4.79 Å². The van der Waals surface area contributed by atoms with Crippen molar-refractivity contribution >= 4 is 22.6 Å². The average Bonchev–Trinajstić information content (AvgIpc) is 3.03. The molecule has 3 rings (SSSR count). The molecular formula is C20H25N5O2. The average molecular weight is 367 g/mol. The van der Waals surface area contributed by atoms with Gasteiger partial charge in [0.25, 0.3) is 5.56 Å². The van der Waals surface area contributed by atoms with E-state index < -0.39 is 0 Å². The van der Waals surface area contributed by atoms with E-state index in [0.29, 0.717) is 11.0 Å². The van der Waals surface area contributed by atoms with Crippen LogP contribution in [0.1, 0.15) is 38.3 Å². The van der Waals surface area contributed by atoms with Gasteiger partial charge in [-0.25, -0.2) is 9.67 Å². The molecule has 0 saturated carbocycles. The first-order chi connectivity index (χ1) is 12.7. The molecule has 27 heavy (non-hydrogen) atoms. The highest BCUT2D eigenvalue weighted by Gasteiger charge is 2.19. The van der Waals surface area contributed by atoms with E-state index in [1.807, 2.05) is 52.8 Å². The first-order valence-electron chi connectivity index (χ1n) is 8.97. The molecule has 2 aromatic heterocycles. The molecule has 7 nitrogen and oxygen atoms in total. The van der Waals surface area contributed by atoms with Gasteiger partial charge < -0.3 is 5.32 Å². The summed E-state index contributed by atoms with van der Waals surface area (Å²) in [6, 6.07) is 5.91. The van der Waals surface area contributed by atoms with Crippen molar-refractivity contribution in [2.75, 3.05) is 5.32 Å². The maximum atomic E-state index is 12.7. The Labute approximate surface area is 158 Å². The van der Waals surface area contributed by atoms with Crippen LogP contribution in [0.5, 0.6) is 0 Å². The van der Waals surface area contributed by atoms with Gasteiger partial charge in [0.2, 0.25) is 5.91 Å². The first kappa shape index (κ1) is 18.8. The second-order valence-corrected chi connectivity index (χ2v) is 7.82. The number of rotatable bonds is 4. The Morgan fingerprint density at radius 2 is 1.96 bits per heavy atom. The number of amides is 1. The van der Waals surface area contributed by atoms with Crippen molar-refractivity contribution in [3.8, 4) is 0 Å². The minimum atomic E-state index is -0.265. The van der Waals surface area contributed by atoms with Gasteiger partial charge in [0.1, 0.15) is 5.39 Å². The maximum Gasteiger partial charge on any atom is 0.264 e. The number of fused-ring (bicyclic) bond motifs is 1. The van der Waals surface area contributed by atoms with Crippen LogP contribution in [0.25, 0.3) is 11.0 Å². The molecule has 7 heteroatoms. The van der Waals surface area contributed by atoms with Crippen LogP contribution >= 0.6 is 0 Å². The smallest absolute Gasteiger partial charge is 0.264 e. The second-order valence-electron chi connectivity index (χ2n) is 7.82. The molecule has 0 aliphatic carbocycles. The van der Waals surface area contributed by atoms with E-state index in [1.165, 1.54) is 10.9 Å². The number of hydrogen-bond donors (Lipinski definition) is 1. The van der Waals surface area contributed by atoms with Crippen LogP contribution in [0.15, 0.2) is 35.5 Å². The molecule has 2 heterocycles. The van der Waals surface area contributed by atoms with Gasteiger partial charge in [-0.15, -0.1) is 0 Å². The summed E-state index contributed by atoms with van der Waals surface area (Å²) in [7, 11) is 0. The van der Waals surface area contributed by atoms with E-state index in [-0.39, 0.29) is 30.0 Å². The van der Waals surface area contributed by atoms with Crippen LogP contribution in [0.3, 0.4) is 0 Å². The molecule has 0 atom stereocenters. The summed E-state index contributed by atoms with van der Waals surface area (Å²) in [5.74, 6) is -0.138. The van der Waals surface area contributed by atoms with E-state index in [2.05, 4.69) is 15.4 Å². The Morgan fingerprint density at radius 3 is 2.67 bits per heavy atom. The van der Waals surface area contributed by atoms with Crippen molar-refractivity contribution in [3.63, 3.8) is 0 Å². The topological polar surface area (TPSA) is 81.8 Å². The van der Waals surface area contributed by atoms with Crippen LogP contribution < -0.4 is 10.9 Å². The molecule has 0 aliphatic rings.